The molecular formula is C24H19F6N3O. The Morgan fingerprint density at radius 2 is 1.50 bits per heavy atom. The summed E-state index contributed by atoms with van der Waals surface area (Å²) >= 11 is 0. The number of benzene rings is 2. The minimum Gasteiger partial charge on any atom is -0.350 e. The lowest BCUT2D eigenvalue weighted by atomic mass is 10.00. The van der Waals surface area contributed by atoms with Gasteiger partial charge in [-0.3, -0.25) is 4.79 Å². The standard InChI is InChI=1S/C24H19F6N3O/c1-32-14-21(34)33(12-15-9-17(23(25,26)27)11-18(10-15)24(28,29)30)13-20-19(7-8-31-22(20)32)16-5-3-2-4-6-16/h2-11H,12-14H2,1H3. The van der Waals surface area contributed by atoms with E-state index in [0.29, 0.717) is 23.5 Å². The molecule has 3 aromatic rings. The number of carbonyl (C=O) groups is 1. The highest BCUT2D eigenvalue weighted by atomic mass is 19.4. The Kier molecular flexibility index (Phi) is 6.01. The van der Waals surface area contributed by atoms with Crippen molar-refractivity contribution in [2.24, 2.45) is 0 Å². The van der Waals surface area contributed by atoms with Gasteiger partial charge in [-0.2, -0.15) is 26.3 Å². The lowest BCUT2D eigenvalue weighted by molar-refractivity contribution is -0.143. The van der Waals surface area contributed by atoms with E-state index < -0.39 is 35.9 Å². The Morgan fingerprint density at radius 1 is 0.882 bits per heavy atom. The SMILES string of the molecule is CN1CC(=O)N(Cc2cc(C(F)(F)F)cc(C(F)(F)F)c2)Cc2c(-c3ccccc3)ccnc21. The van der Waals surface area contributed by atoms with E-state index in [-0.39, 0.29) is 24.7 Å². The molecule has 0 atom stereocenters. The van der Waals surface area contributed by atoms with Crippen LogP contribution in [-0.2, 0) is 30.2 Å². The summed E-state index contributed by atoms with van der Waals surface area (Å²) < 4.78 is 79.7. The molecule has 4 nitrogen and oxygen atoms in total. The summed E-state index contributed by atoms with van der Waals surface area (Å²) in [5.41, 5.74) is -0.802. The second-order valence-corrected chi connectivity index (χ2v) is 8.05. The second-order valence-electron chi connectivity index (χ2n) is 8.05. The molecular weight excluding hydrogens is 460 g/mol. The maximum atomic E-state index is 13.3. The summed E-state index contributed by atoms with van der Waals surface area (Å²) in [4.78, 5) is 20.2. The van der Waals surface area contributed by atoms with Crippen molar-refractivity contribution in [2.75, 3.05) is 18.5 Å². The molecule has 1 aliphatic heterocycles. The summed E-state index contributed by atoms with van der Waals surface area (Å²) in [5, 5.41) is 0. The van der Waals surface area contributed by atoms with Crippen LogP contribution in [0.2, 0.25) is 0 Å². The van der Waals surface area contributed by atoms with E-state index in [9.17, 15) is 31.1 Å². The van der Waals surface area contributed by atoms with Crippen molar-refractivity contribution >= 4 is 11.7 Å². The third-order valence-corrected chi connectivity index (χ3v) is 5.57. The first kappa shape index (κ1) is 23.6. The van der Waals surface area contributed by atoms with Crippen LogP contribution >= 0.6 is 0 Å². The largest absolute Gasteiger partial charge is 0.416 e. The summed E-state index contributed by atoms with van der Waals surface area (Å²) in [6, 6.07) is 12.4. The van der Waals surface area contributed by atoms with Gasteiger partial charge in [0.1, 0.15) is 5.82 Å². The van der Waals surface area contributed by atoms with E-state index >= 15 is 0 Å². The van der Waals surface area contributed by atoms with Crippen LogP contribution in [0.4, 0.5) is 32.2 Å². The number of rotatable bonds is 3. The van der Waals surface area contributed by atoms with Crippen molar-refractivity contribution in [2.45, 2.75) is 25.4 Å². The lowest BCUT2D eigenvalue weighted by Crippen LogP contribution is -2.35. The van der Waals surface area contributed by atoms with E-state index in [2.05, 4.69) is 4.98 Å². The Labute approximate surface area is 191 Å². The Hall–Kier alpha value is -3.56. The highest BCUT2D eigenvalue weighted by Gasteiger charge is 2.37. The molecule has 0 spiro atoms. The quantitative estimate of drug-likeness (QED) is 0.448. The fraction of sp³-hybridized carbons (Fsp3) is 0.250. The number of nitrogens with zero attached hydrogens (tertiary/aromatic N) is 3. The fourth-order valence-corrected chi connectivity index (χ4v) is 3.99. The average Bonchev–Trinajstić information content (AvgIpc) is 2.89. The molecule has 1 amide bonds. The number of hydrogen-bond acceptors (Lipinski definition) is 3. The molecule has 0 radical (unpaired) electrons. The third-order valence-electron chi connectivity index (χ3n) is 5.57. The second kappa shape index (κ2) is 8.66. The zero-order valence-electron chi connectivity index (χ0n) is 17.9. The van der Waals surface area contributed by atoms with E-state index in [0.717, 1.165) is 11.1 Å². The normalized spacial score (nSPS) is 14.7. The van der Waals surface area contributed by atoms with Crippen molar-refractivity contribution in [1.29, 1.82) is 0 Å². The number of fused-ring (bicyclic) bond motifs is 1. The highest BCUT2D eigenvalue weighted by Crippen LogP contribution is 2.37. The number of anilines is 1. The Balaban J connectivity index is 1.76. The number of alkyl halides is 6. The molecule has 0 aliphatic carbocycles. The van der Waals surface area contributed by atoms with Gasteiger partial charge < -0.3 is 9.80 Å². The van der Waals surface area contributed by atoms with Gasteiger partial charge in [-0.05, 0) is 41.0 Å². The predicted octanol–water partition coefficient (Wildman–Crippen LogP) is 5.76. The molecule has 10 heteroatoms. The van der Waals surface area contributed by atoms with Crippen molar-refractivity contribution in [3.8, 4) is 11.1 Å². The molecule has 4 rings (SSSR count). The first-order valence-corrected chi connectivity index (χ1v) is 10.2. The summed E-state index contributed by atoms with van der Waals surface area (Å²) in [7, 11) is 1.66. The molecule has 0 saturated heterocycles. The molecule has 1 aliphatic rings. The molecule has 0 bridgehead atoms. The number of pyridine rings is 1. The maximum Gasteiger partial charge on any atom is 0.416 e. The third kappa shape index (κ3) is 4.85. The average molecular weight is 479 g/mol. The van der Waals surface area contributed by atoms with Crippen LogP contribution in [0.15, 0.2) is 60.8 Å². The van der Waals surface area contributed by atoms with Gasteiger partial charge in [0.15, 0.2) is 0 Å². The molecule has 0 N–H and O–H groups in total. The van der Waals surface area contributed by atoms with Crippen molar-refractivity contribution in [3.63, 3.8) is 0 Å². The van der Waals surface area contributed by atoms with Crippen LogP contribution in [0, 0.1) is 0 Å². The van der Waals surface area contributed by atoms with E-state index in [1.807, 2.05) is 30.3 Å². The van der Waals surface area contributed by atoms with Gasteiger partial charge in [0, 0.05) is 25.4 Å². The molecule has 2 heterocycles. The number of likely N-dealkylation sites (N-methyl/N-ethyl adjacent to an activating group) is 1. The Morgan fingerprint density at radius 3 is 2.09 bits per heavy atom. The van der Waals surface area contributed by atoms with Gasteiger partial charge in [-0.15, -0.1) is 0 Å². The molecule has 34 heavy (non-hydrogen) atoms. The summed E-state index contributed by atoms with van der Waals surface area (Å²) in [5.74, 6) is 0.0858. The van der Waals surface area contributed by atoms with Crippen LogP contribution in [0.25, 0.3) is 11.1 Å². The number of hydrogen-bond donors (Lipinski definition) is 0. The van der Waals surface area contributed by atoms with Crippen molar-refractivity contribution in [1.82, 2.24) is 9.88 Å². The number of aromatic nitrogens is 1. The molecule has 0 fully saturated rings. The zero-order chi connectivity index (χ0) is 24.7. The van der Waals surface area contributed by atoms with Crippen LogP contribution in [0.3, 0.4) is 0 Å². The monoisotopic (exact) mass is 479 g/mol. The van der Waals surface area contributed by atoms with Crippen LogP contribution in [0.5, 0.6) is 0 Å². The minimum atomic E-state index is -4.96. The maximum absolute atomic E-state index is 13.3. The first-order valence-electron chi connectivity index (χ1n) is 10.2. The molecule has 0 unspecified atom stereocenters. The molecule has 2 aromatic carbocycles. The minimum absolute atomic E-state index is 0.0197. The van der Waals surface area contributed by atoms with Crippen LogP contribution in [-0.4, -0.2) is 29.4 Å². The lowest BCUT2D eigenvalue weighted by Gasteiger charge is -2.23. The predicted molar refractivity (Wildman–Crippen MR) is 114 cm³/mol. The first-order chi connectivity index (χ1) is 15.9. The van der Waals surface area contributed by atoms with Crippen LogP contribution < -0.4 is 4.90 Å². The van der Waals surface area contributed by atoms with Gasteiger partial charge in [0.05, 0.1) is 24.2 Å². The van der Waals surface area contributed by atoms with Crippen LogP contribution in [0.1, 0.15) is 22.3 Å². The fourth-order valence-electron chi connectivity index (χ4n) is 3.99. The summed E-state index contributed by atoms with van der Waals surface area (Å²) in [6.45, 7) is -0.556. The molecule has 0 saturated carbocycles. The smallest absolute Gasteiger partial charge is 0.350 e. The van der Waals surface area contributed by atoms with Crippen molar-refractivity contribution in [3.05, 3.63) is 83.0 Å². The van der Waals surface area contributed by atoms with Gasteiger partial charge in [0.2, 0.25) is 5.91 Å². The zero-order valence-corrected chi connectivity index (χ0v) is 17.9. The number of halogens is 6. The van der Waals surface area contributed by atoms with Gasteiger partial charge in [-0.25, -0.2) is 4.98 Å². The number of carbonyl (C=O) groups excluding carboxylic acids is 1. The molecule has 178 valence electrons. The Bertz CT molecular complexity index is 1180. The summed E-state index contributed by atoms with van der Waals surface area (Å²) in [6.07, 6.45) is -8.33. The van der Waals surface area contributed by atoms with E-state index in [4.69, 9.17) is 0 Å². The van der Waals surface area contributed by atoms with Gasteiger partial charge >= 0.3 is 12.4 Å². The number of amides is 1. The van der Waals surface area contributed by atoms with Gasteiger partial charge in [-0.1, -0.05) is 30.3 Å². The molecule has 1 aromatic heterocycles. The van der Waals surface area contributed by atoms with E-state index in [1.165, 1.54) is 4.90 Å². The van der Waals surface area contributed by atoms with Gasteiger partial charge in [0.25, 0.3) is 0 Å². The topological polar surface area (TPSA) is 36.4 Å². The van der Waals surface area contributed by atoms with Crippen molar-refractivity contribution < 1.29 is 31.1 Å². The highest BCUT2D eigenvalue weighted by molar-refractivity contribution is 5.84. The van der Waals surface area contributed by atoms with E-state index in [1.54, 1.807) is 24.2 Å².